The summed E-state index contributed by atoms with van der Waals surface area (Å²) in [6.45, 7) is 1.99. The molecule has 150 valence electrons. The topological polar surface area (TPSA) is 81.1 Å². The Bertz CT molecular complexity index is 1120. The van der Waals surface area contributed by atoms with Crippen LogP contribution in [0.5, 0.6) is 0 Å². The molecule has 0 radical (unpaired) electrons. The highest BCUT2D eigenvalue weighted by atomic mass is 32.2. The van der Waals surface area contributed by atoms with Crippen molar-refractivity contribution in [2.75, 3.05) is 11.5 Å². The van der Waals surface area contributed by atoms with Gasteiger partial charge in [0.2, 0.25) is 0 Å². The second-order valence-electron chi connectivity index (χ2n) is 7.39. The van der Waals surface area contributed by atoms with Crippen LogP contribution in [0.25, 0.3) is 16.9 Å². The summed E-state index contributed by atoms with van der Waals surface area (Å²) < 4.78 is 25.0. The quantitative estimate of drug-likeness (QED) is 0.718. The van der Waals surface area contributed by atoms with E-state index >= 15 is 0 Å². The van der Waals surface area contributed by atoms with E-state index < -0.39 is 9.84 Å². The summed E-state index contributed by atoms with van der Waals surface area (Å²) in [5.41, 5.74) is 3.90. The van der Waals surface area contributed by atoms with Crippen molar-refractivity contribution in [3.63, 3.8) is 0 Å². The Kier molecular flexibility index (Phi) is 5.24. The zero-order chi connectivity index (χ0) is 20.4. The Morgan fingerprint density at radius 1 is 1.03 bits per heavy atom. The van der Waals surface area contributed by atoms with Crippen molar-refractivity contribution in [2.24, 2.45) is 0 Å². The van der Waals surface area contributed by atoms with Crippen LogP contribution in [-0.2, 0) is 9.84 Å². The van der Waals surface area contributed by atoms with Gasteiger partial charge in [-0.3, -0.25) is 4.79 Å². The molecule has 1 aromatic heterocycles. The molecule has 0 aliphatic carbocycles. The summed E-state index contributed by atoms with van der Waals surface area (Å²) >= 11 is 0. The maximum absolute atomic E-state index is 13.1. The molecule has 7 heteroatoms. The summed E-state index contributed by atoms with van der Waals surface area (Å²) in [7, 11) is -2.97. The average Bonchev–Trinajstić information content (AvgIpc) is 3.16. The number of carbonyl (C=O) groups excluding carboxylic acids is 1. The zero-order valence-electron chi connectivity index (χ0n) is 16.2. The molecular formula is C22H23N3O3S. The Labute approximate surface area is 170 Å². The molecule has 1 aliphatic heterocycles. The van der Waals surface area contributed by atoms with Crippen LogP contribution in [0.2, 0.25) is 0 Å². The van der Waals surface area contributed by atoms with E-state index in [1.54, 1.807) is 10.9 Å². The molecular weight excluding hydrogens is 386 g/mol. The first-order chi connectivity index (χ1) is 13.9. The average molecular weight is 410 g/mol. The van der Waals surface area contributed by atoms with Gasteiger partial charge in [-0.25, -0.2) is 13.1 Å². The number of hydrogen-bond acceptors (Lipinski definition) is 4. The van der Waals surface area contributed by atoms with Crippen molar-refractivity contribution in [1.82, 2.24) is 15.1 Å². The number of rotatable bonds is 4. The van der Waals surface area contributed by atoms with E-state index in [-0.39, 0.29) is 23.5 Å². The number of hydrogen-bond donors (Lipinski definition) is 1. The summed E-state index contributed by atoms with van der Waals surface area (Å²) in [6.07, 6.45) is 2.63. The molecule has 0 spiro atoms. The van der Waals surface area contributed by atoms with Gasteiger partial charge < -0.3 is 5.32 Å². The van der Waals surface area contributed by atoms with Crippen LogP contribution < -0.4 is 5.32 Å². The first kappa shape index (κ1) is 19.4. The summed E-state index contributed by atoms with van der Waals surface area (Å²) in [4.78, 5) is 13.1. The first-order valence-electron chi connectivity index (χ1n) is 9.65. The maximum Gasteiger partial charge on any atom is 0.255 e. The smallest absolute Gasteiger partial charge is 0.255 e. The van der Waals surface area contributed by atoms with E-state index in [2.05, 4.69) is 5.32 Å². The van der Waals surface area contributed by atoms with Gasteiger partial charge in [0.1, 0.15) is 15.5 Å². The molecule has 1 saturated heterocycles. The fourth-order valence-corrected chi connectivity index (χ4v) is 5.08. The van der Waals surface area contributed by atoms with E-state index in [1.165, 1.54) is 0 Å². The number of aryl methyl sites for hydroxylation is 1. The normalized spacial score (nSPS) is 16.4. The van der Waals surface area contributed by atoms with E-state index in [0.29, 0.717) is 24.1 Å². The molecule has 0 bridgehead atoms. The highest BCUT2D eigenvalue weighted by Gasteiger charge is 2.27. The molecule has 1 N–H and O–H groups in total. The molecule has 2 heterocycles. The third-order valence-corrected chi connectivity index (χ3v) is 6.99. The largest absolute Gasteiger partial charge is 0.349 e. The van der Waals surface area contributed by atoms with Crippen LogP contribution in [-0.4, -0.2) is 41.7 Å². The Hall–Kier alpha value is -2.93. The molecule has 1 amide bonds. The Morgan fingerprint density at radius 2 is 1.69 bits per heavy atom. The van der Waals surface area contributed by atoms with E-state index in [1.807, 2.05) is 61.5 Å². The number of nitrogens with one attached hydrogen (secondary N) is 1. The lowest BCUT2D eigenvalue weighted by atomic mass is 10.0. The molecule has 3 aromatic rings. The number of benzene rings is 2. The van der Waals surface area contributed by atoms with Crippen LogP contribution in [0.15, 0.2) is 60.8 Å². The Balaban J connectivity index is 1.68. The summed E-state index contributed by atoms with van der Waals surface area (Å²) in [5.74, 6) is 0.00678. The molecule has 29 heavy (non-hydrogen) atoms. The van der Waals surface area contributed by atoms with Crippen molar-refractivity contribution >= 4 is 15.7 Å². The van der Waals surface area contributed by atoms with Gasteiger partial charge in [0.15, 0.2) is 0 Å². The molecule has 0 saturated carbocycles. The highest BCUT2D eigenvalue weighted by molar-refractivity contribution is 7.91. The first-order valence-corrected chi connectivity index (χ1v) is 11.5. The van der Waals surface area contributed by atoms with Gasteiger partial charge in [-0.05, 0) is 37.5 Å². The standard InChI is InChI=1S/C22H23N3O3S/c1-16-7-5-6-10-19(16)21-20(15-25(24-21)18-8-3-2-4-9-18)22(26)23-17-11-13-29(27,28)14-12-17/h2-10,15,17H,11-14H2,1H3,(H,23,26). The van der Waals surface area contributed by atoms with Gasteiger partial charge in [-0.1, -0.05) is 42.5 Å². The second-order valence-corrected chi connectivity index (χ2v) is 9.69. The number of amides is 1. The summed E-state index contributed by atoms with van der Waals surface area (Å²) in [6, 6.07) is 17.3. The minimum absolute atomic E-state index is 0.117. The lowest BCUT2D eigenvalue weighted by Crippen LogP contribution is -2.40. The minimum Gasteiger partial charge on any atom is -0.349 e. The van der Waals surface area contributed by atoms with Crippen LogP contribution in [0.1, 0.15) is 28.8 Å². The fourth-order valence-electron chi connectivity index (χ4n) is 3.59. The number of para-hydroxylation sites is 1. The molecule has 4 rings (SSSR count). The predicted octanol–water partition coefficient (Wildman–Crippen LogP) is 3.15. The van der Waals surface area contributed by atoms with Gasteiger partial charge in [-0.2, -0.15) is 5.10 Å². The molecule has 0 unspecified atom stereocenters. The van der Waals surface area contributed by atoms with Gasteiger partial charge >= 0.3 is 0 Å². The van der Waals surface area contributed by atoms with Crippen molar-refractivity contribution in [2.45, 2.75) is 25.8 Å². The fraction of sp³-hybridized carbons (Fsp3) is 0.273. The zero-order valence-corrected chi connectivity index (χ0v) is 17.0. The van der Waals surface area contributed by atoms with E-state index in [9.17, 15) is 13.2 Å². The maximum atomic E-state index is 13.1. The molecule has 1 fully saturated rings. The van der Waals surface area contributed by atoms with Crippen LogP contribution in [0.3, 0.4) is 0 Å². The predicted molar refractivity (Wildman–Crippen MR) is 113 cm³/mol. The third kappa shape index (κ3) is 4.24. The van der Waals surface area contributed by atoms with Crippen molar-refractivity contribution < 1.29 is 13.2 Å². The molecule has 6 nitrogen and oxygen atoms in total. The van der Waals surface area contributed by atoms with Gasteiger partial charge in [-0.15, -0.1) is 0 Å². The summed E-state index contributed by atoms with van der Waals surface area (Å²) in [5, 5.41) is 7.72. The van der Waals surface area contributed by atoms with Gasteiger partial charge in [0.25, 0.3) is 5.91 Å². The number of sulfone groups is 1. The van der Waals surface area contributed by atoms with Crippen molar-refractivity contribution in [3.8, 4) is 16.9 Å². The van der Waals surface area contributed by atoms with E-state index in [4.69, 9.17) is 5.10 Å². The molecule has 0 atom stereocenters. The number of aromatic nitrogens is 2. The monoisotopic (exact) mass is 409 g/mol. The number of nitrogens with zero attached hydrogens (tertiary/aromatic N) is 2. The third-order valence-electron chi connectivity index (χ3n) is 5.27. The van der Waals surface area contributed by atoms with Gasteiger partial charge in [0.05, 0.1) is 22.8 Å². The minimum atomic E-state index is -2.97. The lowest BCUT2D eigenvalue weighted by molar-refractivity contribution is 0.0935. The Morgan fingerprint density at radius 3 is 2.38 bits per heavy atom. The SMILES string of the molecule is Cc1ccccc1-c1nn(-c2ccccc2)cc1C(=O)NC1CCS(=O)(=O)CC1. The van der Waals surface area contributed by atoms with Gasteiger partial charge in [0, 0.05) is 17.8 Å². The van der Waals surface area contributed by atoms with E-state index in [0.717, 1.165) is 16.8 Å². The van der Waals surface area contributed by atoms with Crippen LogP contribution in [0, 0.1) is 6.92 Å². The number of carbonyl (C=O) groups is 1. The lowest BCUT2D eigenvalue weighted by Gasteiger charge is -2.23. The van der Waals surface area contributed by atoms with Crippen LogP contribution in [0.4, 0.5) is 0 Å². The highest BCUT2D eigenvalue weighted by Crippen LogP contribution is 2.27. The van der Waals surface area contributed by atoms with Crippen LogP contribution >= 0.6 is 0 Å². The second kappa shape index (κ2) is 7.83. The molecule has 2 aromatic carbocycles. The van der Waals surface area contributed by atoms with Crippen molar-refractivity contribution in [3.05, 3.63) is 71.9 Å². The molecule has 1 aliphatic rings. The van der Waals surface area contributed by atoms with Crippen molar-refractivity contribution in [1.29, 1.82) is 0 Å².